The number of aromatic nitrogens is 4. The van der Waals surface area contributed by atoms with Gasteiger partial charge < -0.3 is 9.30 Å². The summed E-state index contributed by atoms with van der Waals surface area (Å²) < 4.78 is 9.77. The monoisotopic (exact) mass is 312 g/mol. The first-order valence-electron chi connectivity index (χ1n) is 7.66. The van der Waals surface area contributed by atoms with Gasteiger partial charge in [-0.15, -0.1) is 11.6 Å². The van der Waals surface area contributed by atoms with Crippen molar-refractivity contribution in [3.8, 4) is 0 Å². The number of ether oxygens (including phenoxy) is 1. The Morgan fingerprint density at radius 1 is 1.33 bits per heavy atom. The van der Waals surface area contributed by atoms with Crippen LogP contribution in [0.4, 0.5) is 0 Å². The molecule has 0 aliphatic heterocycles. The van der Waals surface area contributed by atoms with E-state index in [4.69, 9.17) is 21.3 Å². The van der Waals surface area contributed by atoms with Gasteiger partial charge in [-0.25, -0.2) is 9.67 Å². The van der Waals surface area contributed by atoms with Crippen LogP contribution in [0.1, 0.15) is 44.2 Å². The van der Waals surface area contributed by atoms with Crippen molar-refractivity contribution in [1.29, 1.82) is 0 Å². The summed E-state index contributed by atoms with van der Waals surface area (Å²) in [7, 11) is 1.75. The smallest absolute Gasteiger partial charge is 0.159 e. The average molecular weight is 313 g/mol. The van der Waals surface area contributed by atoms with E-state index in [1.807, 2.05) is 11.6 Å². The van der Waals surface area contributed by atoms with Gasteiger partial charge in [-0.2, -0.15) is 5.10 Å². The lowest BCUT2D eigenvalue weighted by atomic mass is 10.1. The summed E-state index contributed by atoms with van der Waals surface area (Å²) in [6.45, 7) is 7.84. The van der Waals surface area contributed by atoms with Crippen LogP contribution in [0.2, 0.25) is 0 Å². The van der Waals surface area contributed by atoms with Crippen molar-refractivity contribution in [3.63, 3.8) is 0 Å². The lowest BCUT2D eigenvalue weighted by Gasteiger charge is -2.21. The van der Waals surface area contributed by atoms with Crippen molar-refractivity contribution in [3.05, 3.63) is 11.5 Å². The minimum atomic E-state index is 0.282. The van der Waals surface area contributed by atoms with Crippen molar-refractivity contribution < 1.29 is 4.74 Å². The van der Waals surface area contributed by atoms with E-state index < -0.39 is 0 Å². The largest absolute Gasteiger partial charge is 0.383 e. The first kappa shape index (κ1) is 16.3. The summed E-state index contributed by atoms with van der Waals surface area (Å²) in [4.78, 5) is 4.80. The lowest BCUT2D eigenvalue weighted by Crippen LogP contribution is -2.19. The fourth-order valence-corrected chi connectivity index (χ4v) is 3.08. The number of halogens is 1. The number of hydrogen-bond acceptors (Lipinski definition) is 3. The molecule has 2 aromatic rings. The summed E-state index contributed by atoms with van der Waals surface area (Å²) >= 11 is 5.97. The molecule has 0 fully saturated rings. The number of fused-ring (bicyclic) bond motifs is 1. The van der Waals surface area contributed by atoms with Crippen LogP contribution < -0.4 is 0 Å². The van der Waals surface area contributed by atoms with Crippen molar-refractivity contribution in [2.45, 2.75) is 52.6 Å². The molecule has 0 aliphatic carbocycles. The Balaban J connectivity index is 2.62. The molecule has 0 aromatic carbocycles. The van der Waals surface area contributed by atoms with Gasteiger partial charge in [0.05, 0.1) is 18.3 Å². The van der Waals surface area contributed by atoms with Gasteiger partial charge in [0.15, 0.2) is 5.65 Å². The minimum absolute atomic E-state index is 0.282. The van der Waals surface area contributed by atoms with Crippen molar-refractivity contribution in [2.75, 3.05) is 19.6 Å². The molecule has 0 spiro atoms. The zero-order valence-electron chi connectivity index (χ0n) is 13.4. The average Bonchev–Trinajstić information content (AvgIpc) is 2.97. The first-order valence-corrected chi connectivity index (χ1v) is 8.20. The Morgan fingerprint density at radius 3 is 2.67 bits per heavy atom. The van der Waals surface area contributed by atoms with Crippen LogP contribution in [0.15, 0.2) is 0 Å². The molecule has 0 amide bonds. The van der Waals surface area contributed by atoms with Crippen LogP contribution in [0.5, 0.6) is 0 Å². The highest BCUT2D eigenvalue weighted by Gasteiger charge is 2.23. The predicted molar refractivity (Wildman–Crippen MR) is 86.2 cm³/mol. The van der Waals surface area contributed by atoms with Gasteiger partial charge in [0.25, 0.3) is 0 Å². The van der Waals surface area contributed by atoms with E-state index in [1.165, 1.54) is 0 Å². The van der Waals surface area contributed by atoms with E-state index in [0.29, 0.717) is 12.5 Å². The third-order valence-electron chi connectivity index (χ3n) is 3.78. The molecule has 0 saturated heterocycles. The molecule has 0 N–H and O–H groups in total. The Morgan fingerprint density at radius 2 is 2.10 bits per heavy atom. The summed E-state index contributed by atoms with van der Waals surface area (Å²) in [6, 6.07) is 0.282. The molecule has 2 rings (SSSR count). The van der Waals surface area contributed by atoms with Crippen molar-refractivity contribution >= 4 is 22.8 Å². The van der Waals surface area contributed by atoms with E-state index in [1.54, 1.807) is 7.11 Å². The SMILES string of the molecule is CCCC(COC)n1c(CCCl)nc2c(C)nn(CC)c21. The molecular weight excluding hydrogens is 288 g/mol. The zero-order valence-corrected chi connectivity index (χ0v) is 14.2. The van der Waals surface area contributed by atoms with E-state index in [0.717, 1.165) is 48.5 Å². The first-order chi connectivity index (χ1) is 10.2. The van der Waals surface area contributed by atoms with Gasteiger partial charge in [0, 0.05) is 26.0 Å². The topological polar surface area (TPSA) is 44.9 Å². The molecule has 2 heterocycles. The number of rotatable bonds is 8. The van der Waals surface area contributed by atoms with Gasteiger partial charge in [-0.3, -0.25) is 0 Å². The molecule has 1 atom stereocenters. The third kappa shape index (κ3) is 3.09. The molecule has 118 valence electrons. The molecule has 0 radical (unpaired) electrons. The highest BCUT2D eigenvalue weighted by Crippen LogP contribution is 2.27. The minimum Gasteiger partial charge on any atom is -0.383 e. The highest BCUT2D eigenvalue weighted by atomic mass is 35.5. The Kier molecular flexibility index (Phi) is 5.65. The number of aryl methyl sites for hydroxylation is 3. The van der Waals surface area contributed by atoms with Gasteiger partial charge in [-0.05, 0) is 20.3 Å². The quantitative estimate of drug-likeness (QED) is 0.702. The third-order valence-corrected chi connectivity index (χ3v) is 3.97. The van der Waals surface area contributed by atoms with Gasteiger partial charge in [-0.1, -0.05) is 13.3 Å². The number of hydrogen-bond donors (Lipinski definition) is 0. The number of methoxy groups -OCH3 is 1. The number of nitrogens with zero attached hydrogens (tertiary/aromatic N) is 4. The summed E-state index contributed by atoms with van der Waals surface area (Å²) in [5.41, 5.74) is 3.08. The van der Waals surface area contributed by atoms with Crippen LogP contribution in [-0.4, -0.2) is 38.9 Å². The van der Waals surface area contributed by atoms with Crippen LogP contribution in [0.3, 0.4) is 0 Å². The molecule has 6 heteroatoms. The van der Waals surface area contributed by atoms with Crippen LogP contribution in [-0.2, 0) is 17.7 Å². The van der Waals surface area contributed by atoms with Crippen LogP contribution >= 0.6 is 11.6 Å². The van der Waals surface area contributed by atoms with Crippen LogP contribution in [0.25, 0.3) is 11.2 Å². The highest BCUT2D eigenvalue weighted by molar-refractivity contribution is 6.17. The van der Waals surface area contributed by atoms with E-state index in [2.05, 4.69) is 23.5 Å². The Hall–Kier alpha value is -1.07. The fourth-order valence-electron chi connectivity index (χ4n) is 2.91. The molecule has 0 aliphatic rings. The van der Waals surface area contributed by atoms with E-state index in [-0.39, 0.29) is 6.04 Å². The van der Waals surface area contributed by atoms with Crippen molar-refractivity contribution in [2.24, 2.45) is 0 Å². The molecule has 0 saturated carbocycles. The van der Waals surface area contributed by atoms with Crippen LogP contribution in [0, 0.1) is 6.92 Å². The van der Waals surface area contributed by atoms with E-state index >= 15 is 0 Å². The second kappa shape index (κ2) is 7.27. The molecule has 21 heavy (non-hydrogen) atoms. The van der Waals surface area contributed by atoms with E-state index in [9.17, 15) is 0 Å². The molecule has 1 unspecified atom stereocenters. The number of imidazole rings is 1. The number of alkyl halides is 1. The van der Waals surface area contributed by atoms with Gasteiger partial charge >= 0.3 is 0 Å². The van der Waals surface area contributed by atoms with Crippen molar-refractivity contribution in [1.82, 2.24) is 19.3 Å². The standard InChI is InChI=1S/C15H25ClN4O/c1-5-7-12(10-21-4)20-13(8-9-16)17-14-11(3)18-19(6-2)15(14)20/h12H,5-10H2,1-4H3. The summed E-state index contributed by atoms with van der Waals surface area (Å²) in [5, 5.41) is 4.59. The second-order valence-electron chi connectivity index (χ2n) is 5.31. The second-order valence-corrected chi connectivity index (χ2v) is 5.69. The maximum atomic E-state index is 5.97. The molecule has 5 nitrogen and oxygen atoms in total. The molecule has 2 aromatic heterocycles. The zero-order chi connectivity index (χ0) is 15.4. The Bertz CT molecular complexity index is 584. The normalized spacial score (nSPS) is 13.2. The lowest BCUT2D eigenvalue weighted by molar-refractivity contribution is 0.150. The maximum absolute atomic E-state index is 5.97. The Labute approximate surface area is 131 Å². The molecular formula is C15H25ClN4O. The predicted octanol–water partition coefficient (Wildman–Crippen LogP) is 3.33. The molecule has 0 bridgehead atoms. The van der Waals surface area contributed by atoms with Gasteiger partial charge in [0.1, 0.15) is 11.3 Å². The summed E-state index contributed by atoms with van der Waals surface area (Å²) in [5.74, 6) is 1.61. The summed E-state index contributed by atoms with van der Waals surface area (Å²) in [6.07, 6.45) is 2.93. The fraction of sp³-hybridized carbons (Fsp3) is 0.733. The van der Waals surface area contributed by atoms with Gasteiger partial charge in [0.2, 0.25) is 0 Å². The maximum Gasteiger partial charge on any atom is 0.159 e.